The fraction of sp³-hybridized carbons (Fsp3) is 0.767. The van der Waals surface area contributed by atoms with Crippen LogP contribution in [-0.2, 0) is 9.53 Å². The van der Waals surface area contributed by atoms with Gasteiger partial charge in [0, 0.05) is 11.5 Å². The average molecular weight is 501 g/mol. The molecule has 0 aromatic heterocycles. The minimum absolute atomic E-state index is 0.0335. The second kappa shape index (κ2) is 8.02. The number of carbonyl (C=O) groups is 1. The number of carbonyl (C=O) groups excluding carboxylic acids is 1. The fourth-order valence-electron chi connectivity index (χ4n) is 9.14. The highest BCUT2D eigenvalue weighted by molar-refractivity contribution is 5.91. The largest absolute Gasteiger partial charge is 0.451 e. The second-order valence-corrected chi connectivity index (χ2v) is 13.7. The van der Waals surface area contributed by atoms with Crippen LogP contribution >= 0.6 is 0 Å². The first-order valence-corrected chi connectivity index (χ1v) is 13.7. The highest BCUT2D eigenvalue weighted by Crippen LogP contribution is 2.72. The van der Waals surface area contributed by atoms with Crippen LogP contribution in [0.4, 0.5) is 0 Å². The number of rotatable bonds is 3. The highest BCUT2D eigenvalue weighted by Gasteiger charge is 2.76. The minimum Gasteiger partial charge on any atom is -0.451 e. The Morgan fingerprint density at radius 1 is 1.17 bits per heavy atom. The summed E-state index contributed by atoms with van der Waals surface area (Å²) in [6.45, 7) is 13.9. The monoisotopic (exact) mass is 500 g/mol. The van der Waals surface area contributed by atoms with E-state index in [1.807, 2.05) is 40.7 Å². The Kier molecular flexibility index (Phi) is 5.82. The molecule has 200 valence electrons. The van der Waals surface area contributed by atoms with Gasteiger partial charge in [-0.3, -0.25) is 0 Å². The van der Waals surface area contributed by atoms with Crippen LogP contribution in [0.2, 0.25) is 0 Å². The van der Waals surface area contributed by atoms with Gasteiger partial charge in [0.15, 0.2) is 6.10 Å². The van der Waals surface area contributed by atoms with Gasteiger partial charge in [0.05, 0.1) is 18.1 Å². The molecular formula is C30H44O6. The van der Waals surface area contributed by atoms with Crippen molar-refractivity contribution in [1.82, 2.24) is 0 Å². The quantitative estimate of drug-likeness (QED) is 0.348. The van der Waals surface area contributed by atoms with E-state index in [1.54, 1.807) is 6.08 Å². The van der Waals surface area contributed by atoms with Crippen LogP contribution in [0.25, 0.3) is 0 Å². The van der Waals surface area contributed by atoms with E-state index in [9.17, 15) is 25.2 Å². The smallest absolute Gasteiger partial charge is 0.335 e. The molecule has 5 aliphatic rings. The zero-order chi connectivity index (χ0) is 26.6. The van der Waals surface area contributed by atoms with Crippen molar-refractivity contribution >= 4 is 5.97 Å². The van der Waals surface area contributed by atoms with Gasteiger partial charge >= 0.3 is 5.97 Å². The van der Waals surface area contributed by atoms with Gasteiger partial charge in [0.2, 0.25) is 0 Å². The number of esters is 1. The molecule has 1 unspecified atom stereocenters. The van der Waals surface area contributed by atoms with E-state index in [1.165, 1.54) is 0 Å². The predicted octanol–water partition coefficient (Wildman–Crippen LogP) is 3.68. The average Bonchev–Trinajstić information content (AvgIpc) is 3.27. The molecule has 5 aliphatic carbocycles. The lowest BCUT2D eigenvalue weighted by molar-refractivity contribution is -0.223. The third-order valence-corrected chi connectivity index (χ3v) is 11.0. The molecule has 1 spiro atoms. The highest BCUT2D eigenvalue weighted by atomic mass is 16.6. The molecule has 0 amide bonds. The van der Waals surface area contributed by atoms with Gasteiger partial charge in [-0.05, 0) is 79.3 Å². The maximum atomic E-state index is 13.7. The molecule has 6 nitrogen and oxygen atoms in total. The molecule has 5 rings (SSSR count). The van der Waals surface area contributed by atoms with Gasteiger partial charge in [-0.1, -0.05) is 52.3 Å². The maximum absolute atomic E-state index is 13.7. The van der Waals surface area contributed by atoms with Crippen LogP contribution < -0.4 is 0 Å². The number of hydrogen-bond donors (Lipinski definition) is 4. The van der Waals surface area contributed by atoms with Crippen molar-refractivity contribution in [3.8, 4) is 0 Å². The molecular weight excluding hydrogens is 456 g/mol. The Labute approximate surface area is 215 Å². The summed E-state index contributed by atoms with van der Waals surface area (Å²) in [5.41, 5.74) is -0.959. The molecule has 6 heteroatoms. The van der Waals surface area contributed by atoms with E-state index >= 15 is 0 Å². The van der Waals surface area contributed by atoms with Crippen LogP contribution in [0, 0.1) is 39.9 Å². The Bertz CT molecular complexity index is 1070. The summed E-state index contributed by atoms with van der Waals surface area (Å²) >= 11 is 0. The summed E-state index contributed by atoms with van der Waals surface area (Å²) in [4.78, 5) is 13.7. The first-order chi connectivity index (χ1) is 16.7. The summed E-state index contributed by atoms with van der Waals surface area (Å²) in [6.07, 6.45) is 3.60. The lowest BCUT2D eigenvalue weighted by atomic mass is 9.58. The molecule has 0 aromatic rings. The molecule has 0 heterocycles. The summed E-state index contributed by atoms with van der Waals surface area (Å²) in [6, 6.07) is 0. The Balaban J connectivity index is 1.62. The standard InChI is InChI=1S/C30H44O6/c1-15-9-8-10-27(4,5)21(15)26(34)36-25-16(2)13-29-17(3)11-20-22(28(20,6)7)19(24(29)33)12-18(14-31)23(32)30(25,29)35/h12-13,17,19-20,22-25,31-33,35H,8-11,14H2,1-7H3/t17-,19+,20-,22+,23-,24?,25+,29+,30+/m1/s1. The van der Waals surface area contributed by atoms with Gasteiger partial charge in [-0.25, -0.2) is 4.79 Å². The molecule has 2 fully saturated rings. The van der Waals surface area contributed by atoms with Crippen molar-refractivity contribution in [2.75, 3.05) is 6.61 Å². The Morgan fingerprint density at radius 3 is 2.44 bits per heavy atom. The van der Waals surface area contributed by atoms with Gasteiger partial charge in [0.1, 0.15) is 11.7 Å². The first-order valence-electron chi connectivity index (χ1n) is 13.7. The van der Waals surface area contributed by atoms with Gasteiger partial charge < -0.3 is 25.2 Å². The first kappa shape index (κ1) is 26.1. The molecule has 2 saturated carbocycles. The lowest BCUT2D eigenvalue weighted by Crippen LogP contribution is -2.67. The van der Waals surface area contributed by atoms with Gasteiger partial charge in [-0.2, -0.15) is 0 Å². The molecule has 36 heavy (non-hydrogen) atoms. The molecule has 0 saturated heterocycles. The maximum Gasteiger partial charge on any atom is 0.335 e. The molecule has 4 N–H and O–H groups in total. The summed E-state index contributed by atoms with van der Waals surface area (Å²) < 4.78 is 6.17. The fourth-order valence-corrected chi connectivity index (χ4v) is 9.14. The van der Waals surface area contributed by atoms with Gasteiger partial charge in [0.25, 0.3) is 0 Å². The predicted molar refractivity (Wildman–Crippen MR) is 137 cm³/mol. The molecule has 0 aliphatic heterocycles. The van der Waals surface area contributed by atoms with E-state index in [-0.39, 0.29) is 34.2 Å². The second-order valence-electron chi connectivity index (χ2n) is 13.7. The zero-order valence-electron chi connectivity index (χ0n) is 22.8. The molecule has 0 aromatic carbocycles. The molecule has 0 radical (unpaired) electrons. The van der Waals surface area contributed by atoms with Crippen LogP contribution in [0.15, 0.2) is 34.4 Å². The number of hydrogen-bond acceptors (Lipinski definition) is 6. The number of ether oxygens (including phenoxy) is 1. The lowest BCUT2D eigenvalue weighted by Gasteiger charge is -2.52. The summed E-state index contributed by atoms with van der Waals surface area (Å²) in [5, 5.41) is 46.7. The summed E-state index contributed by atoms with van der Waals surface area (Å²) in [7, 11) is 0. The van der Waals surface area contributed by atoms with Crippen molar-refractivity contribution in [3.05, 3.63) is 34.4 Å². The van der Waals surface area contributed by atoms with Crippen LogP contribution in [0.1, 0.15) is 74.1 Å². The van der Waals surface area contributed by atoms with E-state index < -0.39 is 41.9 Å². The van der Waals surface area contributed by atoms with E-state index in [0.717, 1.165) is 31.3 Å². The van der Waals surface area contributed by atoms with Crippen LogP contribution in [0.3, 0.4) is 0 Å². The Hall–Kier alpha value is -1.47. The minimum atomic E-state index is -2.00. The van der Waals surface area contributed by atoms with E-state index in [2.05, 4.69) is 13.8 Å². The normalized spacial score (nSPS) is 46.6. The van der Waals surface area contributed by atoms with Gasteiger partial charge in [-0.15, -0.1) is 0 Å². The van der Waals surface area contributed by atoms with Crippen molar-refractivity contribution in [1.29, 1.82) is 0 Å². The van der Waals surface area contributed by atoms with Crippen LogP contribution in [0.5, 0.6) is 0 Å². The van der Waals surface area contributed by atoms with Crippen molar-refractivity contribution in [2.45, 2.75) is 98.1 Å². The summed E-state index contributed by atoms with van der Waals surface area (Å²) in [5.74, 6) is -0.405. The number of allylic oxidation sites excluding steroid dienone is 1. The third kappa shape index (κ3) is 3.14. The van der Waals surface area contributed by atoms with Crippen molar-refractivity contribution < 1.29 is 30.0 Å². The topological polar surface area (TPSA) is 107 Å². The van der Waals surface area contributed by atoms with Crippen molar-refractivity contribution in [2.24, 2.45) is 39.9 Å². The SMILES string of the molecule is CC1=C[C@]23C(O)[C@@H](C=C(CO)[C@@H](O)[C@]2(O)[C@H]1OC(=O)C1=C(C)CCCC1(C)C)[C@H]1[C@@H](C[C@H]3C)C1(C)C. The van der Waals surface area contributed by atoms with Crippen LogP contribution in [-0.4, -0.2) is 56.9 Å². The molecule has 2 bridgehead atoms. The molecule has 9 atom stereocenters. The zero-order valence-corrected chi connectivity index (χ0v) is 22.8. The Morgan fingerprint density at radius 2 is 1.83 bits per heavy atom. The van der Waals surface area contributed by atoms with E-state index in [0.29, 0.717) is 17.1 Å². The van der Waals surface area contributed by atoms with E-state index in [4.69, 9.17) is 4.74 Å². The van der Waals surface area contributed by atoms with Crippen molar-refractivity contribution in [3.63, 3.8) is 0 Å². The third-order valence-electron chi connectivity index (χ3n) is 11.0. The number of aliphatic hydroxyl groups is 4. The number of fused-ring (bicyclic) bond motifs is 3. The number of aliphatic hydroxyl groups excluding tert-OH is 3.